The van der Waals surface area contributed by atoms with Crippen LogP contribution in [-0.4, -0.2) is 36.3 Å². The lowest BCUT2D eigenvalue weighted by atomic mass is 10.1. The molecule has 0 heterocycles. The first-order valence-electron chi connectivity index (χ1n) is 5.10. The molecule has 16 heavy (non-hydrogen) atoms. The van der Waals surface area contributed by atoms with Gasteiger partial charge in [-0.1, -0.05) is 6.07 Å². The van der Waals surface area contributed by atoms with Crippen LogP contribution in [0.25, 0.3) is 0 Å². The Morgan fingerprint density at radius 2 is 2.06 bits per heavy atom. The van der Waals surface area contributed by atoms with Crippen LogP contribution < -0.4 is 10.6 Å². The highest BCUT2D eigenvalue weighted by Gasteiger charge is 2.12. The number of hydrogen-bond acceptors (Lipinski definition) is 4. The highest BCUT2D eigenvalue weighted by atomic mass is 16.3. The zero-order valence-corrected chi connectivity index (χ0v) is 9.16. The van der Waals surface area contributed by atoms with E-state index in [1.807, 2.05) is 7.05 Å². The van der Waals surface area contributed by atoms with Crippen molar-refractivity contribution >= 4 is 5.91 Å². The average molecular weight is 224 g/mol. The summed E-state index contributed by atoms with van der Waals surface area (Å²) in [4.78, 5) is 11.6. The Hall–Kier alpha value is -1.75. The van der Waals surface area contributed by atoms with Crippen LogP contribution in [0.15, 0.2) is 18.2 Å². The largest absolute Gasteiger partial charge is 0.504 e. The minimum atomic E-state index is -0.385. The maximum absolute atomic E-state index is 11.6. The summed E-state index contributed by atoms with van der Waals surface area (Å²) in [5.41, 5.74) is 0.0875. The molecule has 5 heteroatoms. The molecule has 88 valence electrons. The molecule has 4 N–H and O–H groups in total. The number of nitrogens with one attached hydrogen (secondary N) is 2. The van der Waals surface area contributed by atoms with Gasteiger partial charge in [0.05, 0.1) is 5.56 Å². The van der Waals surface area contributed by atoms with Crippen LogP contribution in [0.3, 0.4) is 0 Å². The zero-order chi connectivity index (χ0) is 12.0. The quantitative estimate of drug-likeness (QED) is 0.432. The van der Waals surface area contributed by atoms with E-state index in [0.717, 1.165) is 13.0 Å². The summed E-state index contributed by atoms with van der Waals surface area (Å²) in [6, 6.07) is 4.30. The highest BCUT2D eigenvalue weighted by Crippen LogP contribution is 2.27. The number of rotatable bonds is 5. The van der Waals surface area contributed by atoms with E-state index in [1.165, 1.54) is 18.2 Å². The predicted molar refractivity (Wildman–Crippen MR) is 60.6 cm³/mol. The Labute approximate surface area is 94.1 Å². The number of phenolic OH excluding ortho intramolecular Hbond substituents is 2. The predicted octanol–water partition coefficient (Wildman–Crippen LogP) is 0.437. The first-order chi connectivity index (χ1) is 7.66. The van der Waals surface area contributed by atoms with Crippen molar-refractivity contribution in [2.45, 2.75) is 6.42 Å². The Balaban J connectivity index is 2.56. The second-order valence-corrected chi connectivity index (χ2v) is 3.39. The van der Waals surface area contributed by atoms with Gasteiger partial charge in [-0.3, -0.25) is 4.79 Å². The number of aromatic hydroxyl groups is 2. The summed E-state index contributed by atoms with van der Waals surface area (Å²) in [5.74, 6) is -1.05. The number of carbonyl (C=O) groups is 1. The van der Waals surface area contributed by atoms with Crippen LogP contribution >= 0.6 is 0 Å². The molecular formula is C11H16N2O3. The van der Waals surface area contributed by atoms with Crippen molar-refractivity contribution in [3.63, 3.8) is 0 Å². The number of benzene rings is 1. The lowest BCUT2D eigenvalue weighted by Gasteiger charge is -2.07. The van der Waals surface area contributed by atoms with Crippen molar-refractivity contribution in [1.29, 1.82) is 0 Å². The van der Waals surface area contributed by atoms with Crippen LogP contribution in [0.5, 0.6) is 11.5 Å². The molecule has 0 saturated heterocycles. The Bertz CT molecular complexity index is 366. The van der Waals surface area contributed by atoms with Crippen molar-refractivity contribution in [2.75, 3.05) is 20.1 Å². The molecule has 1 amide bonds. The lowest BCUT2D eigenvalue weighted by molar-refractivity contribution is 0.0950. The van der Waals surface area contributed by atoms with Crippen molar-refractivity contribution in [3.05, 3.63) is 23.8 Å². The van der Waals surface area contributed by atoms with Crippen LogP contribution in [0.1, 0.15) is 16.8 Å². The molecule has 0 aliphatic heterocycles. The average Bonchev–Trinajstić information content (AvgIpc) is 2.28. The third kappa shape index (κ3) is 3.13. The van der Waals surface area contributed by atoms with Gasteiger partial charge in [0.1, 0.15) is 0 Å². The molecule has 1 aromatic rings. The molecule has 0 unspecified atom stereocenters. The summed E-state index contributed by atoms with van der Waals surface area (Å²) >= 11 is 0. The van der Waals surface area contributed by atoms with Gasteiger partial charge < -0.3 is 20.8 Å². The smallest absolute Gasteiger partial charge is 0.255 e. The van der Waals surface area contributed by atoms with Gasteiger partial charge in [0.15, 0.2) is 11.5 Å². The van der Waals surface area contributed by atoms with E-state index in [9.17, 15) is 15.0 Å². The zero-order valence-electron chi connectivity index (χ0n) is 9.16. The van der Waals surface area contributed by atoms with E-state index in [2.05, 4.69) is 10.6 Å². The van der Waals surface area contributed by atoms with Crippen LogP contribution in [0, 0.1) is 0 Å². The number of phenols is 2. The molecular weight excluding hydrogens is 208 g/mol. The Kier molecular flexibility index (Phi) is 4.60. The SMILES string of the molecule is CNCCCNC(=O)c1cccc(O)c1O. The van der Waals surface area contributed by atoms with Gasteiger partial charge in [0.25, 0.3) is 5.91 Å². The Morgan fingerprint density at radius 3 is 2.75 bits per heavy atom. The minimum absolute atomic E-state index is 0.0875. The van der Waals surface area contributed by atoms with Gasteiger partial charge in [-0.15, -0.1) is 0 Å². The number of para-hydroxylation sites is 1. The summed E-state index contributed by atoms with van der Waals surface area (Å²) in [5, 5.41) is 24.3. The van der Waals surface area contributed by atoms with E-state index < -0.39 is 0 Å². The van der Waals surface area contributed by atoms with Crippen LogP contribution in [-0.2, 0) is 0 Å². The molecule has 0 bridgehead atoms. The van der Waals surface area contributed by atoms with Gasteiger partial charge in [0, 0.05) is 6.54 Å². The molecule has 0 atom stereocenters. The second-order valence-electron chi connectivity index (χ2n) is 3.39. The third-order valence-corrected chi connectivity index (χ3v) is 2.15. The van der Waals surface area contributed by atoms with E-state index in [1.54, 1.807) is 0 Å². The normalized spacial score (nSPS) is 10.1. The molecule has 5 nitrogen and oxygen atoms in total. The van der Waals surface area contributed by atoms with Gasteiger partial charge >= 0.3 is 0 Å². The topological polar surface area (TPSA) is 81.6 Å². The van der Waals surface area contributed by atoms with E-state index in [4.69, 9.17) is 0 Å². The van der Waals surface area contributed by atoms with Gasteiger partial charge in [0.2, 0.25) is 0 Å². The first kappa shape index (κ1) is 12.3. The fourth-order valence-electron chi connectivity index (χ4n) is 1.28. The van der Waals surface area contributed by atoms with Crippen LogP contribution in [0.2, 0.25) is 0 Å². The van der Waals surface area contributed by atoms with Gasteiger partial charge in [-0.05, 0) is 32.1 Å². The minimum Gasteiger partial charge on any atom is -0.504 e. The molecule has 0 spiro atoms. The summed E-state index contributed by atoms with van der Waals surface area (Å²) in [7, 11) is 1.84. The fraction of sp³-hybridized carbons (Fsp3) is 0.364. The van der Waals surface area contributed by atoms with E-state index in [0.29, 0.717) is 6.54 Å². The Morgan fingerprint density at radius 1 is 1.31 bits per heavy atom. The molecule has 0 fully saturated rings. The second kappa shape index (κ2) is 5.97. The standard InChI is InChI=1S/C11H16N2O3/c1-12-6-3-7-13-11(16)8-4-2-5-9(14)10(8)15/h2,4-5,12,14-15H,3,6-7H2,1H3,(H,13,16). The van der Waals surface area contributed by atoms with E-state index in [-0.39, 0.29) is 23.0 Å². The van der Waals surface area contributed by atoms with Crippen molar-refractivity contribution in [1.82, 2.24) is 10.6 Å². The van der Waals surface area contributed by atoms with Crippen LogP contribution in [0.4, 0.5) is 0 Å². The highest BCUT2D eigenvalue weighted by molar-refractivity contribution is 5.97. The van der Waals surface area contributed by atoms with Crippen molar-refractivity contribution < 1.29 is 15.0 Å². The lowest BCUT2D eigenvalue weighted by Crippen LogP contribution is -2.26. The molecule has 0 aliphatic carbocycles. The number of amides is 1. The molecule has 0 aromatic heterocycles. The molecule has 1 rings (SSSR count). The summed E-state index contributed by atoms with van der Waals surface area (Å²) in [6.45, 7) is 1.33. The third-order valence-electron chi connectivity index (χ3n) is 2.15. The maximum Gasteiger partial charge on any atom is 0.255 e. The van der Waals surface area contributed by atoms with Gasteiger partial charge in [-0.25, -0.2) is 0 Å². The summed E-state index contributed by atoms with van der Waals surface area (Å²) in [6.07, 6.45) is 0.807. The van der Waals surface area contributed by atoms with E-state index >= 15 is 0 Å². The van der Waals surface area contributed by atoms with Crippen molar-refractivity contribution in [2.24, 2.45) is 0 Å². The van der Waals surface area contributed by atoms with Crippen molar-refractivity contribution in [3.8, 4) is 11.5 Å². The number of hydrogen-bond donors (Lipinski definition) is 4. The monoisotopic (exact) mass is 224 g/mol. The first-order valence-corrected chi connectivity index (χ1v) is 5.10. The molecule has 1 aromatic carbocycles. The number of carbonyl (C=O) groups excluding carboxylic acids is 1. The molecule has 0 radical (unpaired) electrons. The fourth-order valence-corrected chi connectivity index (χ4v) is 1.28. The maximum atomic E-state index is 11.6. The molecule has 0 aliphatic rings. The molecule has 0 saturated carbocycles. The van der Waals surface area contributed by atoms with Gasteiger partial charge in [-0.2, -0.15) is 0 Å². The summed E-state index contributed by atoms with van der Waals surface area (Å²) < 4.78 is 0.